The molecule has 3 aromatic rings. The van der Waals surface area contributed by atoms with Gasteiger partial charge in [0.2, 0.25) is 10.0 Å². The van der Waals surface area contributed by atoms with Crippen molar-refractivity contribution in [1.82, 2.24) is 9.78 Å². The molecule has 0 unspecified atom stereocenters. The zero-order valence-electron chi connectivity index (χ0n) is 15.5. The molecule has 9 heteroatoms. The fourth-order valence-electron chi connectivity index (χ4n) is 2.70. The Kier molecular flexibility index (Phi) is 5.44. The number of sulfonamides is 1. The van der Waals surface area contributed by atoms with Crippen LogP contribution >= 0.6 is 11.6 Å². The first-order valence-electron chi connectivity index (χ1n) is 8.36. The Balaban J connectivity index is 1.90. The van der Waals surface area contributed by atoms with Crippen LogP contribution in [0.2, 0.25) is 5.15 Å². The number of hydrogen-bond acceptors (Lipinski definition) is 4. The summed E-state index contributed by atoms with van der Waals surface area (Å²) in [6.45, 7) is 3.47. The number of nitrogens with one attached hydrogen (secondary N) is 2. The number of halogens is 1. The molecule has 0 radical (unpaired) electrons. The average Bonchev–Trinajstić information content (AvgIpc) is 2.92. The van der Waals surface area contributed by atoms with Crippen LogP contribution < -0.4 is 10.0 Å². The zero-order valence-corrected chi connectivity index (χ0v) is 17.1. The molecule has 0 bridgehead atoms. The molecule has 28 heavy (non-hydrogen) atoms. The average molecular weight is 419 g/mol. The van der Waals surface area contributed by atoms with Gasteiger partial charge in [0.15, 0.2) is 0 Å². The Bertz CT molecular complexity index is 1140. The lowest BCUT2D eigenvalue weighted by Gasteiger charge is -2.11. The van der Waals surface area contributed by atoms with Gasteiger partial charge in [-0.25, -0.2) is 13.1 Å². The highest BCUT2D eigenvalue weighted by Crippen LogP contribution is 2.26. The Labute approximate surface area is 168 Å². The van der Waals surface area contributed by atoms with E-state index in [4.69, 9.17) is 11.6 Å². The molecule has 0 atom stereocenters. The number of carbonyl (C=O) groups is 1. The molecule has 0 aliphatic rings. The zero-order chi connectivity index (χ0) is 20.5. The fourth-order valence-corrected chi connectivity index (χ4v) is 3.68. The van der Waals surface area contributed by atoms with Crippen LogP contribution in [0.25, 0.3) is 5.69 Å². The van der Waals surface area contributed by atoms with Crippen molar-refractivity contribution in [3.63, 3.8) is 0 Å². The Morgan fingerprint density at radius 1 is 1.11 bits per heavy atom. The molecule has 2 N–H and O–H groups in total. The molecule has 1 heterocycles. The van der Waals surface area contributed by atoms with E-state index in [1.54, 1.807) is 32.0 Å². The summed E-state index contributed by atoms with van der Waals surface area (Å²) in [5.74, 6) is -0.432. The lowest BCUT2D eigenvalue weighted by molar-refractivity contribution is 0.102. The number of hydrogen-bond donors (Lipinski definition) is 2. The number of carbonyl (C=O) groups excluding carboxylic acids is 1. The Hall–Kier alpha value is -2.84. The highest BCUT2D eigenvalue weighted by Gasteiger charge is 2.21. The third-order valence-electron chi connectivity index (χ3n) is 4.02. The minimum atomic E-state index is -3.43. The summed E-state index contributed by atoms with van der Waals surface area (Å²) in [6.07, 6.45) is 1.07. The quantitative estimate of drug-likeness (QED) is 0.659. The van der Waals surface area contributed by atoms with Crippen molar-refractivity contribution in [2.24, 2.45) is 0 Å². The topological polar surface area (TPSA) is 93.1 Å². The summed E-state index contributed by atoms with van der Waals surface area (Å²) in [5.41, 5.74) is 3.03. The predicted molar refractivity (Wildman–Crippen MR) is 111 cm³/mol. The predicted octanol–water partition coefficient (Wildman–Crippen LogP) is 3.77. The molecule has 1 aromatic heterocycles. The van der Waals surface area contributed by atoms with E-state index >= 15 is 0 Å². The summed E-state index contributed by atoms with van der Waals surface area (Å²) < 4.78 is 26.9. The number of aryl methyl sites for hydroxylation is 2. The maximum absolute atomic E-state index is 12.8. The van der Waals surface area contributed by atoms with E-state index in [1.165, 1.54) is 4.68 Å². The van der Waals surface area contributed by atoms with E-state index in [0.717, 1.165) is 17.5 Å². The van der Waals surface area contributed by atoms with Crippen LogP contribution in [0.1, 0.15) is 21.6 Å². The van der Waals surface area contributed by atoms with Gasteiger partial charge >= 0.3 is 0 Å². The lowest BCUT2D eigenvalue weighted by Crippen LogP contribution is -2.14. The number of benzene rings is 2. The van der Waals surface area contributed by atoms with Crippen molar-refractivity contribution in [1.29, 1.82) is 0 Å². The van der Waals surface area contributed by atoms with Gasteiger partial charge in [0, 0.05) is 5.69 Å². The van der Waals surface area contributed by atoms with Gasteiger partial charge in [0.1, 0.15) is 10.7 Å². The van der Waals surface area contributed by atoms with Gasteiger partial charge in [0.25, 0.3) is 5.91 Å². The summed E-state index contributed by atoms with van der Waals surface area (Å²) in [4.78, 5) is 12.8. The third kappa shape index (κ3) is 4.35. The molecular formula is C19H19ClN4O3S. The van der Waals surface area contributed by atoms with Crippen LogP contribution in [0.4, 0.5) is 11.4 Å². The number of amides is 1. The normalized spacial score (nSPS) is 11.3. The van der Waals surface area contributed by atoms with Crippen molar-refractivity contribution in [3.8, 4) is 5.69 Å². The summed E-state index contributed by atoms with van der Waals surface area (Å²) in [6, 6.07) is 14.2. The second kappa shape index (κ2) is 7.65. The fraction of sp³-hybridized carbons (Fsp3) is 0.158. The largest absolute Gasteiger partial charge is 0.322 e. The molecule has 0 saturated heterocycles. The molecule has 0 saturated carbocycles. The van der Waals surface area contributed by atoms with Gasteiger partial charge in [-0.1, -0.05) is 35.9 Å². The number of aromatic nitrogens is 2. The molecule has 7 nitrogen and oxygen atoms in total. The number of anilines is 2. The SMILES string of the molecule is Cc1ccc(NC(=O)c2c(C)nn(-c3ccccc3)c2Cl)cc1NS(C)(=O)=O. The molecule has 146 valence electrons. The number of nitrogens with zero attached hydrogens (tertiary/aromatic N) is 2. The highest BCUT2D eigenvalue weighted by atomic mass is 35.5. The highest BCUT2D eigenvalue weighted by molar-refractivity contribution is 7.92. The van der Waals surface area contributed by atoms with Crippen molar-refractivity contribution >= 4 is 38.9 Å². The molecule has 0 fully saturated rings. The first-order chi connectivity index (χ1) is 13.2. The summed E-state index contributed by atoms with van der Waals surface area (Å²) in [7, 11) is -3.43. The van der Waals surface area contributed by atoms with Gasteiger partial charge in [-0.05, 0) is 43.7 Å². The third-order valence-corrected chi connectivity index (χ3v) is 4.96. The minimum absolute atomic E-state index is 0.197. The standard InChI is InChI=1S/C19H19ClN4O3S/c1-12-9-10-14(11-16(12)23-28(3,26)27)21-19(25)17-13(2)22-24(18(17)20)15-7-5-4-6-8-15/h4-11,23H,1-3H3,(H,21,25). The van der Waals surface area contributed by atoms with E-state index in [1.807, 2.05) is 30.3 Å². The van der Waals surface area contributed by atoms with Crippen LogP contribution in [-0.4, -0.2) is 30.4 Å². The monoisotopic (exact) mass is 418 g/mol. The maximum Gasteiger partial charge on any atom is 0.260 e. The van der Waals surface area contributed by atoms with Gasteiger partial charge in [-0.15, -0.1) is 0 Å². The van der Waals surface area contributed by atoms with Gasteiger partial charge < -0.3 is 5.32 Å². The number of para-hydroxylation sites is 1. The Morgan fingerprint density at radius 2 is 1.79 bits per heavy atom. The number of rotatable bonds is 5. The van der Waals surface area contributed by atoms with Crippen molar-refractivity contribution in [2.75, 3.05) is 16.3 Å². The van der Waals surface area contributed by atoms with E-state index in [-0.39, 0.29) is 10.7 Å². The van der Waals surface area contributed by atoms with E-state index in [2.05, 4.69) is 15.1 Å². The summed E-state index contributed by atoms with van der Waals surface area (Å²) >= 11 is 6.42. The van der Waals surface area contributed by atoms with Gasteiger partial charge in [-0.2, -0.15) is 5.10 Å². The van der Waals surface area contributed by atoms with Crippen molar-refractivity contribution in [2.45, 2.75) is 13.8 Å². The Morgan fingerprint density at radius 3 is 2.43 bits per heavy atom. The maximum atomic E-state index is 12.8. The lowest BCUT2D eigenvalue weighted by atomic mass is 10.1. The molecule has 0 aliphatic carbocycles. The molecule has 1 amide bonds. The van der Waals surface area contributed by atoms with Crippen molar-refractivity contribution < 1.29 is 13.2 Å². The van der Waals surface area contributed by atoms with Crippen LogP contribution in [0.5, 0.6) is 0 Å². The molecule has 0 spiro atoms. The van der Waals surface area contributed by atoms with Crippen LogP contribution in [0.3, 0.4) is 0 Å². The van der Waals surface area contributed by atoms with E-state index in [0.29, 0.717) is 17.1 Å². The minimum Gasteiger partial charge on any atom is -0.322 e. The second-order valence-electron chi connectivity index (χ2n) is 6.36. The molecule has 2 aromatic carbocycles. The van der Waals surface area contributed by atoms with Crippen LogP contribution in [0.15, 0.2) is 48.5 Å². The smallest absolute Gasteiger partial charge is 0.260 e. The molecule has 3 rings (SSSR count). The first kappa shape index (κ1) is 19.9. The van der Waals surface area contributed by atoms with Crippen LogP contribution in [-0.2, 0) is 10.0 Å². The van der Waals surface area contributed by atoms with Crippen LogP contribution in [0, 0.1) is 13.8 Å². The molecular weight excluding hydrogens is 400 g/mol. The van der Waals surface area contributed by atoms with Gasteiger partial charge in [-0.3, -0.25) is 9.52 Å². The van der Waals surface area contributed by atoms with Gasteiger partial charge in [0.05, 0.1) is 23.3 Å². The second-order valence-corrected chi connectivity index (χ2v) is 8.46. The first-order valence-corrected chi connectivity index (χ1v) is 10.6. The van der Waals surface area contributed by atoms with E-state index in [9.17, 15) is 13.2 Å². The van der Waals surface area contributed by atoms with Crippen molar-refractivity contribution in [3.05, 3.63) is 70.5 Å². The van der Waals surface area contributed by atoms with E-state index < -0.39 is 15.9 Å². The summed E-state index contributed by atoms with van der Waals surface area (Å²) in [5, 5.41) is 7.30. The molecule has 0 aliphatic heterocycles.